The number of rotatable bonds is 1. The van der Waals surface area contributed by atoms with E-state index in [0.717, 1.165) is 11.6 Å². The second-order valence-electron chi connectivity index (χ2n) is 3.68. The van der Waals surface area contributed by atoms with E-state index in [1.54, 1.807) is 0 Å². The Bertz CT molecular complexity index is 499. The van der Waals surface area contributed by atoms with Gasteiger partial charge in [-0.2, -0.15) is 0 Å². The number of aryl methyl sites for hydroxylation is 1. The molecular formula is C11H10ClNO. The largest absolute Gasteiger partial charge is 0.368 e. The van der Waals surface area contributed by atoms with E-state index in [0.29, 0.717) is 6.10 Å². The van der Waals surface area contributed by atoms with Gasteiger partial charge in [0.05, 0.1) is 6.61 Å². The van der Waals surface area contributed by atoms with Crippen molar-refractivity contribution in [2.45, 2.75) is 6.10 Å². The SMILES string of the molecule is Cn1cc([C@@H]2CO2)c2ccc(Cl)cc21. The minimum atomic E-state index is 0.305. The average molecular weight is 208 g/mol. The third-order valence-electron chi connectivity index (χ3n) is 2.66. The van der Waals surface area contributed by atoms with Crippen molar-refractivity contribution in [3.05, 3.63) is 35.0 Å². The van der Waals surface area contributed by atoms with Gasteiger partial charge in [0.2, 0.25) is 0 Å². The van der Waals surface area contributed by atoms with Crippen molar-refractivity contribution in [1.29, 1.82) is 0 Å². The number of benzene rings is 1. The Balaban J connectivity index is 2.32. The zero-order chi connectivity index (χ0) is 9.71. The first kappa shape index (κ1) is 8.33. The predicted molar refractivity (Wildman–Crippen MR) is 56.6 cm³/mol. The molecule has 3 rings (SSSR count). The van der Waals surface area contributed by atoms with Gasteiger partial charge in [-0.1, -0.05) is 17.7 Å². The smallest absolute Gasteiger partial charge is 0.108 e. The first-order valence-electron chi connectivity index (χ1n) is 4.62. The highest BCUT2D eigenvalue weighted by atomic mass is 35.5. The van der Waals surface area contributed by atoms with Crippen LogP contribution in [0.5, 0.6) is 0 Å². The number of epoxide rings is 1. The molecule has 0 spiro atoms. The van der Waals surface area contributed by atoms with Gasteiger partial charge in [-0.05, 0) is 12.1 Å². The van der Waals surface area contributed by atoms with E-state index in [2.05, 4.69) is 16.8 Å². The monoisotopic (exact) mass is 207 g/mol. The van der Waals surface area contributed by atoms with E-state index in [4.69, 9.17) is 16.3 Å². The van der Waals surface area contributed by atoms with Crippen LogP contribution in [0.2, 0.25) is 5.02 Å². The molecule has 0 N–H and O–H groups in total. The quantitative estimate of drug-likeness (QED) is 0.658. The van der Waals surface area contributed by atoms with Crippen molar-refractivity contribution >= 4 is 22.5 Å². The van der Waals surface area contributed by atoms with Crippen molar-refractivity contribution in [3.63, 3.8) is 0 Å². The fourth-order valence-corrected chi connectivity index (χ4v) is 2.04. The number of halogens is 1. The summed E-state index contributed by atoms with van der Waals surface area (Å²) < 4.78 is 7.40. The first-order chi connectivity index (χ1) is 6.75. The molecule has 14 heavy (non-hydrogen) atoms. The zero-order valence-electron chi connectivity index (χ0n) is 7.83. The molecule has 1 aliphatic rings. The maximum atomic E-state index is 5.95. The summed E-state index contributed by atoms with van der Waals surface area (Å²) in [6.07, 6.45) is 2.43. The molecule has 1 atom stereocenters. The summed E-state index contributed by atoms with van der Waals surface area (Å²) in [5.41, 5.74) is 2.45. The number of aromatic nitrogens is 1. The molecule has 1 aromatic heterocycles. The normalized spacial score (nSPS) is 20.3. The molecule has 1 aromatic carbocycles. The molecule has 1 fully saturated rings. The molecule has 2 heterocycles. The molecule has 72 valence electrons. The lowest BCUT2D eigenvalue weighted by Gasteiger charge is -1.96. The van der Waals surface area contributed by atoms with Crippen molar-refractivity contribution in [2.24, 2.45) is 7.05 Å². The third-order valence-corrected chi connectivity index (χ3v) is 2.90. The van der Waals surface area contributed by atoms with Crippen molar-refractivity contribution in [2.75, 3.05) is 6.61 Å². The molecule has 0 aliphatic carbocycles. The Hall–Kier alpha value is -0.990. The Kier molecular flexibility index (Phi) is 1.64. The van der Waals surface area contributed by atoms with Crippen LogP contribution in [0.4, 0.5) is 0 Å². The summed E-state index contributed by atoms with van der Waals surface area (Å²) in [7, 11) is 2.03. The minimum Gasteiger partial charge on any atom is -0.368 e. The Morgan fingerprint density at radius 1 is 1.50 bits per heavy atom. The number of fused-ring (bicyclic) bond motifs is 1. The van der Waals surface area contributed by atoms with Crippen LogP contribution in [-0.4, -0.2) is 11.2 Å². The first-order valence-corrected chi connectivity index (χ1v) is 4.99. The van der Waals surface area contributed by atoms with Crippen molar-refractivity contribution < 1.29 is 4.74 Å². The second kappa shape index (κ2) is 2.75. The number of hydrogen-bond acceptors (Lipinski definition) is 1. The van der Waals surface area contributed by atoms with Crippen molar-refractivity contribution in [1.82, 2.24) is 4.57 Å². The van der Waals surface area contributed by atoms with E-state index in [9.17, 15) is 0 Å². The summed E-state index contributed by atoms with van der Waals surface area (Å²) in [4.78, 5) is 0. The highest BCUT2D eigenvalue weighted by molar-refractivity contribution is 6.31. The van der Waals surface area contributed by atoms with Crippen LogP contribution in [0.15, 0.2) is 24.4 Å². The van der Waals surface area contributed by atoms with Gasteiger partial charge < -0.3 is 9.30 Å². The lowest BCUT2D eigenvalue weighted by molar-refractivity contribution is 0.416. The van der Waals surface area contributed by atoms with E-state index in [-0.39, 0.29) is 0 Å². The fourth-order valence-electron chi connectivity index (χ4n) is 1.87. The van der Waals surface area contributed by atoms with E-state index in [1.165, 1.54) is 16.5 Å². The highest BCUT2D eigenvalue weighted by Crippen LogP contribution is 2.36. The Morgan fingerprint density at radius 2 is 2.29 bits per heavy atom. The number of nitrogens with zero attached hydrogens (tertiary/aromatic N) is 1. The van der Waals surface area contributed by atoms with Crippen molar-refractivity contribution in [3.8, 4) is 0 Å². The molecule has 0 amide bonds. The average Bonchev–Trinajstić information content (AvgIpc) is 2.94. The number of ether oxygens (including phenoxy) is 1. The summed E-state index contributed by atoms with van der Waals surface area (Å²) in [6, 6.07) is 5.98. The minimum absolute atomic E-state index is 0.305. The maximum Gasteiger partial charge on any atom is 0.108 e. The summed E-state index contributed by atoms with van der Waals surface area (Å²) in [5, 5.41) is 2.03. The van der Waals surface area contributed by atoms with Crippen LogP contribution < -0.4 is 0 Å². The molecule has 0 bridgehead atoms. The van der Waals surface area contributed by atoms with Gasteiger partial charge in [-0.15, -0.1) is 0 Å². The lowest BCUT2D eigenvalue weighted by Crippen LogP contribution is -1.82. The second-order valence-corrected chi connectivity index (χ2v) is 4.12. The molecule has 0 saturated carbocycles. The summed E-state index contributed by atoms with van der Waals surface area (Å²) in [5.74, 6) is 0. The molecule has 2 aromatic rings. The van der Waals surface area contributed by atoms with E-state index >= 15 is 0 Å². The van der Waals surface area contributed by atoms with Gasteiger partial charge in [-0.25, -0.2) is 0 Å². The van der Waals surface area contributed by atoms with Gasteiger partial charge in [0.1, 0.15) is 6.10 Å². The van der Waals surface area contributed by atoms with Gasteiger partial charge in [0.25, 0.3) is 0 Å². The zero-order valence-corrected chi connectivity index (χ0v) is 8.58. The summed E-state index contributed by atoms with van der Waals surface area (Å²) >= 11 is 5.95. The van der Waals surface area contributed by atoms with E-state index in [1.807, 2.05) is 19.2 Å². The fraction of sp³-hybridized carbons (Fsp3) is 0.273. The van der Waals surface area contributed by atoms with Crippen LogP contribution >= 0.6 is 11.6 Å². The molecule has 1 saturated heterocycles. The molecule has 0 unspecified atom stereocenters. The highest BCUT2D eigenvalue weighted by Gasteiger charge is 2.28. The van der Waals surface area contributed by atoms with Gasteiger partial charge >= 0.3 is 0 Å². The standard InChI is InChI=1S/C11H10ClNO/c1-13-5-9(11-6-14-11)8-3-2-7(12)4-10(8)13/h2-5,11H,6H2,1H3/t11-/m0/s1. The van der Waals surface area contributed by atoms with Gasteiger partial charge in [0.15, 0.2) is 0 Å². The molecule has 3 heteroatoms. The molecule has 2 nitrogen and oxygen atoms in total. The molecular weight excluding hydrogens is 198 g/mol. The predicted octanol–water partition coefficient (Wildman–Crippen LogP) is 2.90. The van der Waals surface area contributed by atoms with Crippen LogP contribution in [0.1, 0.15) is 11.7 Å². The van der Waals surface area contributed by atoms with Crippen LogP contribution in [-0.2, 0) is 11.8 Å². The topological polar surface area (TPSA) is 17.5 Å². The Labute approximate surface area is 87.0 Å². The van der Waals surface area contributed by atoms with E-state index < -0.39 is 0 Å². The molecule has 1 aliphatic heterocycles. The summed E-state index contributed by atoms with van der Waals surface area (Å²) in [6.45, 7) is 0.849. The van der Waals surface area contributed by atoms with Gasteiger partial charge in [-0.3, -0.25) is 0 Å². The van der Waals surface area contributed by atoms with Crippen LogP contribution in [0.25, 0.3) is 10.9 Å². The van der Waals surface area contributed by atoms with Gasteiger partial charge in [0, 0.05) is 34.7 Å². The van der Waals surface area contributed by atoms with Crippen LogP contribution in [0.3, 0.4) is 0 Å². The maximum absolute atomic E-state index is 5.95. The molecule has 0 radical (unpaired) electrons. The lowest BCUT2D eigenvalue weighted by atomic mass is 10.1. The third kappa shape index (κ3) is 1.15. The number of hydrogen-bond donors (Lipinski definition) is 0. The Morgan fingerprint density at radius 3 is 3.00 bits per heavy atom. The van der Waals surface area contributed by atoms with Crippen LogP contribution in [0, 0.1) is 0 Å².